The van der Waals surface area contributed by atoms with E-state index in [1.807, 2.05) is 0 Å². The van der Waals surface area contributed by atoms with E-state index in [4.69, 9.17) is 4.74 Å². The average molecular weight is 355 g/mol. The van der Waals surface area contributed by atoms with E-state index in [2.05, 4.69) is 5.32 Å². The number of thioether (sulfide) groups is 1. The lowest BCUT2D eigenvalue weighted by Gasteiger charge is -2.12. The first-order chi connectivity index (χ1) is 11.4. The second-order valence-corrected chi connectivity index (χ2v) is 6.00. The highest BCUT2D eigenvalue weighted by atomic mass is 32.2. The summed E-state index contributed by atoms with van der Waals surface area (Å²) in [5.74, 6) is -1.38. The molecule has 128 valence electrons. The van der Waals surface area contributed by atoms with Crippen molar-refractivity contribution in [3.63, 3.8) is 0 Å². The van der Waals surface area contributed by atoms with Gasteiger partial charge in [0.05, 0.1) is 18.0 Å². The van der Waals surface area contributed by atoms with Crippen LogP contribution >= 0.6 is 11.8 Å². The average Bonchev–Trinajstić information content (AvgIpc) is 2.54. The van der Waals surface area contributed by atoms with Crippen LogP contribution in [0.5, 0.6) is 0 Å². The van der Waals surface area contributed by atoms with Crippen LogP contribution in [0.1, 0.15) is 15.9 Å². The lowest BCUT2D eigenvalue weighted by Crippen LogP contribution is -2.14. The second kappa shape index (κ2) is 8.21. The van der Waals surface area contributed by atoms with E-state index in [0.717, 1.165) is 5.56 Å². The Bertz CT molecular complexity index is 687. The Labute approximate surface area is 142 Å². The Morgan fingerprint density at radius 3 is 2.42 bits per heavy atom. The number of halogens is 3. The van der Waals surface area contributed by atoms with E-state index in [-0.39, 0.29) is 5.91 Å². The SMILES string of the molecule is COCc1ccc(C(=O)Nc2ccccc2SCC(F)(F)F)cc1. The summed E-state index contributed by atoms with van der Waals surface area (Å²) < 4.78 is 42.1. The molecule has 2 rings (SSSR count). The van der Waals surface area contributed by atoms with Gasteiger partial charge in [-0.05, 0) is 29.8 Å². The molecule has 1 N–H and O–H groups in total. The van der Waals surface area contributed by atoms with Gasteiger partial charge in [-0.3, -0.25) is 4.79 Å². The Balaban J connectivity index is 2.08. The number of anilines is 1. The third-order valence-corrected chi connectivity index (χ3v) is 4.19. The minimum atomic E-state index is -4.26. The number of rotatable bonds is 6. The number of ether oxygens (including phenoxy) is 1. The highest BCUT2D eigenvalue weighted by Crippen LogP contribution is 2.32. The molecule has 0 saturated heterocycles. The Hall–Kier alpha value is -1.99. The molecule has 0 aromatic heterocycles. The van der Waals surface area contributed by atoms with Crippen LogP contribution in [0, 0.1) is 0 Å². The zero-order chi connectivity index (χ0) is 17.6. The molecule has 0 spiro atoms. The Morgan fingerprint density at radius 1 is 1.12 bits per heavy atom. The molecule has 1 amide bonds. The number of methoxy groups -OCH3 is 1. The lowest BCUT2D eigenvalue weighted by atomic mass is 10.1. The highest BCUT2D eigenvalue weighted by molar-refractivity contribution is 7.99. The summed E-state index contributed by atoms with van der Waals surface area (Å²) in [7, 11) is 1.58. The fourth-order valence-corrected chi connectivity index (χ4v) is 2.74. The van der Waals surface area contributed by atoms with Crippen molar-refractivity contribution in [2.75, 3.05) is 18.2 Å². The maximum atomic E-state index is 12.4. The van der Waals surface area contributed by atoms with Crippen molar-refractivity contribution in [3.05, 3.63) is 59.7 Å². The Morgan fingerprint density at radius 2 is 1.79 bits per heavy atom. The van der Waals surface area contributed by atoms with Crippen LogP contribution in [0.2, 0.25) is 0 Å². The van der Waals surface area contributed by atoms with Gasteiger partial charge in [0.1, 0.15) is 0 Å². The van der Waals surface area contributed by atoms with Crippen LogP contribution in [-0.4, -0.2) is 24.9 Å². The molecule has 7 heteroatoms. The molecular weight excluding hydrogens is 339 g/mol. The quantitative estimate of drug-likeness (QED) is 0.761. The number of amides is 1. The minimum Gasteiger partial charge on any atom is -0.380 e. The van der Waals surface area contributed by atoms with Crippen molar-refractivity contribution < 1.29 is 22.7 Å². The number of nitrogens with one attached hydrogen (secondary N) is 1. The van der Waals surface area contributed by atoms with Crippen molar-refractivity contribution in [1.82, 2.24) is 0 Å². The smallest absolute Gasteiger partial charge is 0.380 e. The van der Waals surface area contributed by atoms with Gasteiger partial charge < -0.3 is 10.1 Å². The topological polar surface area (TPSA) is 38.3 Å². The van der Waals surface area contributed by atoms with Crippen molar-refractivity contribution in [2.24, 2.45) is 0 Å². The van der Waals surface area contributed by atoms with Gasteiger partial charge in [0.15, 0.2) is 0 Å². The fraction of sp³-hybridized carbons (Fsp3) is 0.235. The molecule has 0 bridgehead atoms. The molecule has 3 nitrogen and oxygen atoms in total. The second-order valence-electron chi connectivity index (χ2n) is 4.98. The largest absolute Gasteiger partial charge is 0.398 e. The molecule has 0 aliphatic rings. The molecule has 0 aliphatic heterocycles. The summed E-state index contributed by atoms with van der Waals surface area (Å²) in [4.78, 5) is 12.6. The Kier molecular flexibility index (Phi) is 6.28. The number of carbonyl (C=O) groups is 1. The predicted octanol–water partition coefficient (Wildman–Crippen LogP) is 4.74. The van der Waals surface area contributed by atoms with Crippen LogP contribution in [-0.2, 0) is 11.3 Å². The molecule has 0 aliphatic carbocycles. The van der Waals surface area contributed by atoms with Crippen molar-refractivity contribution in [1.29, 1.82) is 0 Å². The van der Waals surface area contributed by atoms with E-state index < -0.39 is 11.9 Å². The first-order valence-electron chi connectivity index (χ1n) is 7.07. The zero-order valence-electron chi connectivity index (χ0n) is 12.9. The van der Waals surface area contributed by atoms with Gasteiger partial charge in [0.2, 0.25) is 0 Å². The summed E-state index contributed by atoms with van der Waals surface area (Å²) in [5.41, 5.74) is 1.71. The van der Waals surface area contributed by atoms with Gasteiger partial charge in [-0.1, -0.05) is 24.3 Å². The first-order valence-corrected chi connectivity index (χ1v) is 8.05. The molecule has 2 aromatic carbocycles. The maximum Gasteiger partial charge on any atom is 0.398 e. The van der Waals surface area contributed by atoms with Crippen molar-refractivity contribution >= 4 is 23.4 Å². The maximum absolute atomic E-state index is 12.4. The van der Waals surface area contributed by atoms with Crippen LogP contribution < -0.4 is 5.32 Å². The monoisotopic (exact) mass is 355 g/mol. The van der Waals surface area contributed by atoms with E-state index in [0.29, 0.717) is 34.5 Å². The number of hydrogen-bond acceptors (Lipinski definition) is 3. The molecule has 2 aromatic rings. The molecule has 0 radical (unpaired) electrons. The molecule has 0 heterocycles. The summed E-state index contributed by atoms with van der Waals surface area (Å²) >= 11 is 0.644. The number of para-hydroxylation sites is 1. The third-order valence-electron chi connectivity index (χ3n) is 3.05. The van der Waals surface area contributed by atoms with E-state index in [1.54, 1.807) is 55.6 Å². The van der Waals surface area contributed by atoms with Gasteiger partial charge in [-0.25, -0.2) is 0 Å². The summed E-state index contributed by atoms with van der Waals surface area (Å²) in [6, 6.07) is 13.3. The number of alkyl halides is 3. The standard InChI is InChI=1S/C17H16F3NO2S/c1-23-10-12-6-8-13(9-7-12)16(22)21-14-4-2-3-5-15(14)24-11-17(18,19)20/h2-9H,10-11H2,1H3,(H,21,22). The third kappa shape index (κ3) is 5.58. The number of carbonyl (C=O) groups excluding carboxylic acids is 1. The molecule has 0 fully saturated rings. The molecule has 24 heavy (non-hydrogen) atoms. The van der Waals surface area contributed by atoms with Crippen LogP contribution in [0.3, 0.4) is 0 Å². The number of benzene rings is 2. The van der Waals surface area contributed by atoms with Crippen LogP contribution in [0.4, 0.5) is 18.9 Å². The van der Waals surface area contributed by atoms with E-state index >= 15 is 0 Å². The zero-order valence-corrected chi connectivity index (χ0v) is 13.7. The lowest BCUT2D eigenvalue weighted by molar-refractivity contribution is -0.105. The van der Waals surface area contributed by atoms with Gasteiger partial charge in [-0.2, -0.15) is 13.2 Å². The molecule has 0 unspecified atom stereocenters. The van der Waals surface area contributed by atoms with Crippen LogP contribution in [0.25, 0.3) is 0 Å². The van der Waals surface area contributed by atoms with Crippen LogP contribution in [0.15, 0.2) is 53.4 Å². The number of hydrogen-bond donors (Lipinski definition) is 1. The minimum absolute atomic E-state index is 0.359. The molecule has 0 atom stereocenters. The highest BCUT2D eigenvalue weighted by Gasteiger charge is 2.27. The molecular formula is C17H16F3NO2S. The van der Waals surface area contributed by atoms with Crippen molar-refractivity contribution in [2.45, 2.75) is 17.7 Å². The van der Waals surface area contributed by atoms with Gasteiger partial charge in [0.25, 0.3) is 5.91 Å². The van der Waals surface area contributed by atoms with E-state index in [1.165, 1.54) is 0 Å². The summed E-state index contributed by atoms with van der Waals surface area (Å²) in [5, 5.41) is 2.66. The van der Waals surface area contributed by atoms with Crippen molar-refractivity contribution in [3.8, 4) is 0 Å². The van der Waals surface area contributed by atoms with Gasteiger partial charge in [0, 0.05) is 17.6 Å². The first kappa shape index (κ1) is 18.4. The van der Waals surface area contributed by atoms with Gasteiger partial charge >= 0.3 is 6.18 Å². The van der Waals surface area contributed by atoms with Gasteiger partial charge in [-0.15, -0.1) is 11.8 Å². The van der Waals surface area contributed by atoms with E-state index in [9.17, 15) is 18.0 Å². The molecule has 0 saturated carbocycles. The summed E-state index contributed by atoms with van der Waals surface area (Å²) in [6.45, 7) is 0.443. The summed E-state index contributed by atoms with van der Waals surface area (Å²) in [6.07, 6.45) is -4.26. The normalized spacial score (nSPS) is 11.3. The fourth-order valence-electron chi connectivity index (χ4n) is 1.97. The predicted molar refractivity (Wildman–Crippen MR) is 88.3 cm³/mol.